The summed E-state index contributed by atoms with van der Waals surface area (Å²) in [4.78, 5) is 11.2. The number of halogens is 3. The van der Waals surface area contributed by atoms with Crippen LogP contribution in [0.3, 0.4) is 0 Å². The van der Waals surface area contributed by atoms with Crippen LogP contribution in [0.5, 0.6) is 0 Å². The van der Waals surface area contributed by atoms with Crippen LogP contribution in [0, 0.1) is 0 Å². The summed E-state index contributed by atoms with van der Waals surface area (Å²) >= 11 is 10.4. The maximum atomic E-state index is 11.2. The van der Waals surface area contributed by atoms with Crippen molar-refractivity contribution in [1.29, 1.82) is 0 Å². The Kier molecular flexibility index (Phi) is 5.89. The first-order valence-corrected chi connectivity index (χ1v) is 7.26. The van der Waals surface area contributed by atoms with Crippen molar-refractivity contribution in [3.05, 3.63) is 43.3 Å². The van der Waals surface area contributed by atoms with Gasteiger partial charge in [-0.3, -0.25) is 0 Å². The molecule has 0 heterocycles. The summed E-state index contributed by atoms with van der Waals surface area (Å²) < 4.78 is 7.95. The van der Waals surface area contributed by atoms with Crippen molar-refractivity contribution in [2.24, 2.45) is 0 Å². The Balaban J connectivity index is 2.62. The largest absolute Gasteiger partial charge is 0.462 e. The maximum Gasteiger partial charge on any atom is 0.333 e. The van der Waals surface area contributed by atoms with Crippen molar-refractivity contribution >= 4 is 53.8 Å². The van der Waals surface area contributed by atoms with Gasteiger partial charge in [-0.15, -0.1) is 0 Å². The van der Waals surface area contributed by atoms with Crippen molar-refractivity contribution in [1.82, 2.24) is 0 Å². The van der Waals surface area contributed by atoms with Gasteiger partial charge in [0.15, 0.2) is 0 Å². The number of carbonyl (C=O) groups excluding carboxylic acids is 1. The van der Waals surface area contributed by atoms with E-state index >= 15 is 0 Å². The van der Waals surface area contributed by atoms with E-state index < -0.39 is 0 Å². The zero-order valence-electron chi connectivity index (χ0n) is 9.23. The summed E-state index contributed by atoms with van der Waals surface area (Å²) in [7, 11) is 0. The second-order valence-electron chi connectivity index (χ2n) is 3.50. The second-order valence-corrected chi connectivity index (χ2v) is 5.94. The van der Waals surface area contributed by atoms with E-state index in [1.54, 1.807) is 6.92 Å². The van der Waals surface area contributed by atoms with Gasteiger partial charge in [0.1, 0.15) is 0 Å². The van der Waals surface area contributed by atoms with Gasteiger partial charge in [0, 0.05) is 25.4 Å². The van der Waals surface area contributed by atoms with E-state index in [2.05, 4.69) is 54.4 Å². The molecule has 0 N–H and O–H groups in total. The second kappa shape index (κ2) is 6.71. The summed E-state index contributed by atoms with van der Waals surface area (Å²) in [6.45, 7) is 5.51. The molecule has 0 aliphatic rings. The number of ether oxygens (including phenoxy) is 1. The zero-order valence-corrected chi connectivity index (χ0v) is 14.0. The van der Waals surface area contributed by atoms with E-state index in [1.165, 1.54) is 0 Å². The molecule has 1 rings (SSSR count). The van der Waals surface area contributed by atoms with Crippen molar-refractivity contribution in [3.63, 3.8) is 0 Å². The van der Waals surface area contributed by atoms with Crippen LogP contribution in [0.2, 0.25) is 0 Å². The van der Waals surface area contributed by atoms with E-state index in [0.717, 1.165) is 19.0 Å². The topological polar surface area (TPSA) is 26.3 Å². The lowest BCUT2D eigenvalue weighted by Gasteiger charge is -2.08. The van der Waals surface area contributed by atoms with Crippen LogP contribution < -0.4 is 0 Å². The fourth-order valence-electron chi connectivity index (χ4n) is 1.14. The standard InChI is InChI=1S/C12H11Br3O2/c1-7(2)12(16)17-6-5-8-3-4-9(13)11(15)10(8)14/h3-4H,1,5-6H2,2H3. The Labute approximate surface area is 126 Å². The summed E-state index contributed by atoms with van der Waals surface area (Å²) in [6.07, 6.45) is 0.658. The lowest BCUT2D eigenvalue weighted by molar-refractivity contribution is -0.138. The summed E-state index contributed by atoms with van der Waals surface area (Å²) in [6, 6.07) is 3.93. The highest BCUT2D eigenvalue weighted by molar-refractivity contribution is 9.14. The molecule has 17 heavy (non-hydrogen) atoms. The molecule has 5 heteroatoms. The van der Waals surface area contributed by atoms with Gasteiger partial charge in [-0.25, -0.2) is 4.79 Å². The molecule has 0 aromatic heterocycles. The third-order valence-electron chi connectivity index (χ3n) is 2.07. The Morgan fingerprint density at radius 1 is 1.29 bits per heavy atom. The zero-order chi connectivity index (χ0) is 13.0. The van der Waals surface area contributed by atoms with Gasteiger partial charge >= 0.3 is 5.97 Å². The van der Waals surface area contributed by atoms with Crippen LogP contribution in [0.15, 0.2) is 37.7 Å². The van der Waals surface area contributed by atoms with Crippen LogP contribution in [-0.2, 0) is 16.0 Å². The minimum atomic E-state index is -0.350. The van der Waals surface area contributed by atoms with Gasteiger partial charge in [-0.1, -0.05) is 12.6 Å². The van der Waals surface area contributed by atoms with Gasteiger partial charge in [0.2, 0.25) is 0 Å². The molecule has 0 aliphatic heterocycles. The minimum Gasteiger partial charge on any atom is -0.462 e. The van der Waals surface area contributed by atoms with Gasteiger partial charge < -0.3 is 4.74 Å². The van der Waals surface area contributed by atoms with Crippen LogP contribution >= 0.6 is 47.8 Å². The van der Waals surface area contributed by atoms with Crippen molar-refractivity contribution < 1.29 is 9.53 Å². The monoisotopic (exact) mass is 424 g/mol. The first-order chi connectivity index (χ1) is 7.93. The minimum absolute atomic E-state index is 0.346. The van der Waals surface area contributed by atoms with Crippen molar-refractivity contribution in [3.8, 4) is 0 Å². The number of rotatable bonds is 4. The summed E-state index contributed by atoms with van der Waals surface area (Å²) in [5.74, 6) is -0.350. The fraction of sp³-hybridized carbons (Fsp3) is 0.250. The lowest BCUT2D eigenvalue weighted by atomic mass is 10.2. The normalized spacial score (nSPS) is 10.1. The molecular formula is C12H11Br3O2. The highest BCUT2D eigenvalue weighted by Crippen LogP contribution is 2.33. The van der Waals surface area contributed by atoms with Gasteiger partial charge in [0.05, 0.1) is 6.61 Å². The molecule has 0 fully saturated rings. The highest BCUT2D eigenvalue weighted by atomic mass is 79.9. The summed E-state index contributed by atoms with van der Waals surface area (Å²) in [5.41, 5.74) is 1.50. The average molecular weight is 427 g/mol. The molecule has 0 saturated heterocycles. The van der Waals surface area contributed by atoms with Crippen molar-refractivity contribution in [2.75, 3.05) is 6.61 Å². The molecule has 0 unspecified atom stereocenters. The van der Waals surface area contributed by atoms with Crippen LogP contribution in [0.1, 0.15) is 12.5 Å². The molecule has 0 saturated carbocycles. The number of benzene rings is 1. The molecule has 2 nitrogen and oxygen atoms in total. The SMILES string of the molecule is C=C(C)C(=O)OCCc1ccc(Br)c(Br)c1Br. The van der Waals surface area contributed by atoms with E-state index in [-0.39, 0.29) is 5.97 Å². The van der Waals surface area contributed by atoms with Crippen molar-refractivity contribution in [2.45, 2.75) is 13.3 Å². The number of hydrogen-bond donors (Lipinski definition) is 0. The molecule has 92 valence electrons. The average Bonchev–Trinajstić information content (AvgIpc) is 2.28. The summed E-state index contributed by atoms with van der Waals surface area (Å²) in [5, 5.41) is 0. The number of hydrogen-bond acceptors (Lipinski definition) is 2. The molecule has 0 aliphatic carbocycles. The molecule has 1 aromatic rings. The Bertz CT molecular complexity index is 455. The number of carbonyl (C=O) groups is 1. The predicted octanol–water partition coefficient (Wildman–Crippen LogP) is 4.64. The molecule has 0 spiro atoms. The van der Waals surface area contributed by atoms with Crippen LogP contribution in [0.25, 0.3) is 0 Å². The first kappa shape index (κ1) is 14.9. The van der Waals surface area contributed by atoms with Gasteiger partial charge in [0.25, 0.3) is 0 Å². The fourth-order valence-corrected chi connectivity index (χ4v) is 2.66. The third kappa shape index (κ3) is 4.23. The maximum absolute atomic E-state index is 11.2. The smallest absolute Gasteiger partial charge is 0.333 e. The molecular weight excluding hydrogens is 416 g/mol. The molecule has 1 aromatic carbocycles. The number of esters is 1. The van der Waals surface area contributed by atoms with E-state index in [4.69, 9.17) is 4.74 Å². The molecule has 0 bridgehead atoms. The predicted molar refractivity (Wildman–Crippen MR) is 79.0 cm³/mol. The van der Waals surface area contributed by atoms with E-state index in [9.17, 15) is 4.79 Å². The molecule has 0 amide bonds. The first-order valence-electron chi connectivity index (χ1n) is 4.88. The van der Waals surface area contributed by atoms with Crippen LogP contribution in [-0.4, -0.2) is 12.6 Å². The molecule has 0 radical (unpaired) electrons. The molecule has 0 atom stereocenters. The highest BCUT2D eigenvalue weighted by Gasteiger charge is 2.08. The third-order valence-corrected chi connectivity index (χ3v) is 5.52. The quantitative estimate of drug-likeness (QED) is 0.398. The van der Waals surface area contributed by atoms with Gasteiger partial charge in [-0.2, -0.15) is 0 Å². The van der Waals surface area contributed by atoms with E-state index in [0.29, 0.717) is 18.6 Å². The Morgan fingerprint density at radius 2 is 1.94 bits per heavy atom. The van der Waals surface area contributed by atoms with Crippen LogP contribution in [0.4, 0.5) is 0 Å². The van der Waals surface area contributed by atoms with Gasteiger partial charge in [-0.05, 0) is 66.3 Å². The lowest BCUT2D eigenvalue weighted by Crippen LogP contribution is -2.08. The Hall–Kier alpha value is -0.130. The Morgan fingerprint density at radius 3 is 2.53 bits per heavy atom. The van der Waals surface area contributed by atoms with E-state index in [1.807, 2.05) is 12.1 Å².